The van der Waals surface area contributed by atoms with Gasteiger partial charge >= 0.3 is 6.09 Å². The van der Waals surface area contributed by atoms with Crippen LogP contribution in [-0.4, -0.2) is 36.6 Å². The monoisotopic (exact) mass is 275 g/mol. The fourth-order valence-electron chi connectivity index (χ4n) is 1.52. The number of ether oxygens (including phenoxy) is 1. The van der Waals surface area contributed by atoms with Crippen LogP contribution in [0.3, 0.4) is 0 Å². The maximum Gasteiger partial charge on any atom is 0.406 e. The summed E-state index contributed by atoms with van der Waals surface area (Å²) in [5, 5.41) is 20.6. The number of alkyl carbamates (subject to hydrolysis) is 1. The first kappa shape index (κ1) is 15.3. The van der Waals surface area contributed by atoms with Crippen molar-refractivity contribution in [2.45, 2.75) is 12.0 Å². The molecule has 19 heavy (non-hydrogen) atoms. The average Bonchev–Trinajstić information content (AvgIpc) is 2.44. The molecule has 0 aromatic heterocycles. The summed E-state index contributed by atoms with van der Waals surface area (Å²) in [5.74, 6) is -3.47. The number of aliphatic hydroxyl groups excluding tert-OH is 2. The van der Waals surface area contributed by atoms with E-state index in [2.05, 4.69) is 10.1 Å². The van der Waals surface area contributed by atoms with Crippen molar-refractivity contribution in [3.63, 3.8) is 0 Å². The van der Waals surface area contributed by atoms with Crippen LogP contribution in [0.15, 0.2) is 24.3 Å². The number of alkyl halides is 2. The zero-order valence-corrected chi connectivity index (χ0v) is 10.3. The second-order valence-electron chi connectivity index (χ2n) is 3.81. The number of hydrogen-bond donors (Lipinski definition) is 3. The molecule has 7 heteroatoms. The van der Waals surface area contributed by atoms with Gasteiger partial charge in [-0.25, -0.2) is 4.79 Å². The third-order valence-electron chi connectivity index (χ3n) is 2.49. The number of rotatable bonds is 5. The van der Waals surface area contributed by atoms with Gasteiger partial charge in [-0.1, -0.05) is 24.3 Å². The fourth-order valence-corrected chi connectivity index (χ4v) is 1.52. The Balaban J connectivity index is 2.91. The Bertz CT molecular complexity index is 439. The van der Waals surface area contributed by atoms with Gasteiger partial charge in [0.05, 0.1) is 0 Å². The van der Waals surface area contributed by atoms with Crippen molar-refractivity contribution >= 4 is 6.09 Å². The highest BCUT2D eigenvalue weighted by Gasteiger charge is 2.34. The van der Waals surface area contributed by atoms with Crippen LogP contribution in [0.2, 0.25) is 0 Å². The molecule has 0 aliphatic carbocycles. The second kappa shape index (κ2) is 6.44. The number of amides is 1. The highest BCUT2D eigenvalue weighted by Crippen LogP contribution is 2.33. The van der Waals surface area contributed by atoms with E-state index in [0.717, 1.165) is 6.07 Å². The molecule has 1 unspecified atom stereocenters. The number of carbonyl (C=O) groups is 1. The van der Waals surface area contributed by atoms with Gasteiger partial charge in [-0.3, -0.25) is 0 Å². The molecular weight excluding hydrogens is 260 g/mol. The van der Waals surface area contributed by atoms with Gasteiger partial charge < -0.3 is 20.3 Å². The van der Waals surface area contributed by atoms with Gasteiger partial charge in [-0.05, 0) is 5.56 Å². The van der Waals surface area contributed by atoms with Crippen molar-refractivity contribution in [2.24, 2.45) is 0 Å². The van der Waals surface area contributed by atoms with Crippen molar-refractivity contribution in [3.05, 3.63) is 35.4 Å². The molecule has 3 N–H and O–H groups in total. The van der Waals surface area contributed by atoms with Crippen LogP contribution in [0.1, 0.15) is 17.2 Å². The number of halogens is 2. The molecule has 106 valence electrons. The Kier molecular flexibility index (Phi) is 5.20. The summed E-state index contributed by atoms with van der Waals surface area (Å²) in [6, 6.07) is 5.23. The first-order valence-electron chi connectivity index (χ1n) is 5.53. The fraction of sp³-hybridized carbons (Fsp3) is 0.417. The van der Waals surface area contributed by atoms with Gasteiger partial charge in [0.15, 0.2) is 0 Å². The number of carbonyl (C=O) groups excluding carboxylic acids is 1. The summed E-state index contributed by atoms with van der Waals surface area (Å²) in [5.41, 5.74) is -0.587. The van der Waals surface area contributed by atoms with Crippen LogP contribution in [-0.2, 0) is 10.7 Å². The van der Waals surface area contributed by atoms with E-state index in [0.29, 0.717) is 0 Å². The molecule has 0 fully saturated rings. The summed E-state index contributed by atoms with van der Waals surface area (Å²) in [7, 11) is 1.34. The Morgan fingerprint density at radius 3 is 2.68 bits per heavy atom. The third kappa shape index (κ3) is 3.87. The summed E-state index contributed by atoms with van der Waals surface area (Å²) < 4.78 is 31.6. The van der Waals surface area contributed by atoms with Gasteiger partial charge in [-0.15, -0.1) is 0 Å². The van der Waals surface area contributed by atoms with Crippen molar-refractivity contribution in [3.8, 4) is 0 Å². The average molecular weight is 275 g/mol. The summed E-state index contributed by atoms with van der Waals surface area (Å²) in [6.07, 6.45) is -2.17. The molecule has 1 atom stereocenters. The minimum Gasteiger partial charge on any atom is -0.446 e. The second-order valence-corrected chi connectivity index (χ2v) is 3.81. The predicted molar refractivity (Wildman–Crippen MR) is 62.8 cm³/mol. The van der Waals surface area contributed by atoms with Gasteiger partial charge in [0.1, 0.15) is 19.3 Å². The molecule has 0 heterocycles. The summed E-state index contributed by atoms with van der Waals surface area (Å²) in [6.45, 7) is -1.83. The van der Waals surface area contributed by atoms with Crippen LogP contribution < -0.4 is 5.32 Å². The molecule has 1 amide bonds. The van der Waals surface area contributed by atoms with Gasteiger partial charge in [0, 0.05) is 12.6 Å². The molecule has 0 radical (unpaired) electrons. The number of nitrogens with one attached hydrogen (secondary N) is 1. The normalized spacial score (nSPS) is 12.9. The first-order valence-corrected chi connectivity index (χ1v) is 5.53. The molecule has 1 rings (SSSR count). The van der Waals surface area contributed by atoms with Crippen LogP contribution in [0, 0.1) is 0 Å². The van der Waals surface area contributed by atoms with Gasteiger partial charge in [-0.2, -0.15) is 8.78 Å². The van der Waals surface area contributed by atoms with E-state index < -0.39 is 36.9 Å². The molecule has 1 aromatic carbocycles. The minimum absolute atomic E-state index is 0.0922. The van der Waals surface area contributed by atoms with Crippen molar-refractivity contribution in [2.75, 3.05) is 20.3 Å². The van der Waals surface area contributed by atoms with E-state index >= 15 is 0 Å². The van der Waals surface area contributed by atoms with Crippen molar-refractivity contribution < 1.29 is 28.5 Å². The van der Waals surface area contributed by atoms with E-state index in [1.807, 2.05) is 0 Å². The molecule has 5 nitrogen and oxygen atoms in total. The Labute approximate surface area is 108 Å². The van der Waals surface area contributed by atoms with E-state index in [-0.39, 0.29) is 5.56 Å². The lowest BCUT2D eigenvalue weighted by Crippen LogP contribution is -2.25. The van der Waals surface area contributed by atoms with Gasteiger partial charge in [0.25, 0.3) is 5.92 Å². The Morgan fingerprint density at radius 1 is 1.47 bits per heavy atom. The molecule has 0 spiro atoms. The lowest BCUT2D eigenvalue weighted by molar-refractivity contribution is -0.0583. The van der Waals surface area contributed by atoms with Crippen LogP contribution >= 0.6 is 0 Å². The quantitative estimate of drug-likeness (QED) is 0.753. The van der Waals surface area contributed by atoms with E-state index in [9.17, 15) is 18.7 Å². The minimum atomic E-state index is -3.47. The zero-order chi connectivity index (χ0) is 14.5. The highest BCUT2D eigenvalue weighted by atomic mass is 19.3. The molecule has 0 bridgehead atoms. The van der Waals surface area contributed by atoms with Crippen LogP contribution in [0.25, 0.3) is 0 Å². The number of aliphatic hydroxyl groups is 2. The SMILES string of the molecule is CNC(=O)OCC(O)c1ccccc1C(F)(F)CO. The Morgan fingerprint density at radius 2 is 2.11 bits per heavy atom. The van der Waals surface area contributed by atoms with E-state index in [1.165, 1.54) is 25.2 Å². The molecule has 1 aromatic rings. The lowest BCUT2D eigenvalue weighted by atomic mass is 9.98. The standard InChI is InChI=1S/C12H15F2NO4/c1-15-11(18)19-6-10(17)8-4-2-3-5-9(8)12(13,14)7-16/h2-5,10,16-17H,6-7H2,1H3,(H,15,18). The predicted octanol–water partition coefficient (Wildman–Crippen LogP) is 1.16. The third-order valence-corrected chi connectivity index (χ3v) is 2.49. The number of benzene rings is 1. The number of hydrogen-bond acceptors (Lipinski definition) is 4. The van der Waals surface area contributed by atoms with Crippen LogP contribution in [0.4, 0.5) is 13.6 Å². The molecule has 0 saturated carbocycles. The topological polar surface area (TPSA) is 78.8 Å². The van der Waals surface area contributed by atoms with Crippen LogP contribution in [0.5, 0.6) is 0 Å². The summed E-state index contributed by atoms with van der Waals surface area (Å²) >= 11 is 0. The van der Waals surface area contributed by atoms with E-state index in [4.69, 9.17) is 5.11 Å². The largest absolute Gasteiger partial charge is 0.446 e. The zero-order valence-electron chi connectivity index (χ0n) is 10.3. The molecular formula is C12H15F2NO4. The van der Waals surface area contributed by atoms with Crippen molar-refractivity contribution in [1.29, 1.82) is 0 Å². The van der Waals surface area contributed by atoms with Gasteiger partial charge in [0.2, 0.25) is 0 Å². The lowest BCUT2D eigenvalue weighted by Gasteiger charge is -2.20. The summed E-state index contributed by atoms with van der Waals surface area (Å²) in [4.78, 5) is 10.9. The smallest absolute Gasteiger partial charge is 0.406 e. The van der Waals surface area contributed by atoms with Crippen molar-refractivity contribution in [1.82, 2.24) is 5.32 Å². The maximum atomic E-state index is 13.5. The molecule has 0 saturated heterocycles. The maximum absolute atomic E-state index is 13.5. The first-order chi connectivity index (χ1) is 8.92. The van der Waals surface area contributed by atoms with E-state index in [1.54, 1.807) is 0 Å². The Hall–Kier alpha value is -1.73. The highest BCUT2D eigenvalue weighted by molar-refractivity contribution is 5.66. The molecule has 0 aliphatic heterocycles. The molecule has 0 aliphatic rings.